The molecule has 0 heterocycles. The summed E-state index contributed by atoms with van der Waals surface area (Å²) in [5, 5.41) is 9.20. The lowest BCUT2D eigenvalue weighted by Gasteiger charge is -2.19. The van der Waals surface area contributed by atoms with Gasteiger partial charge in [0.05, 0.1) is 17.7 Å². The average molecular weight is 352 g/mol. The second kappa shape index (κ2) is 6.88. The Labute approximate surface area is 144 Å². The van der Waals surface area contributed by atoms with Gasteiger partial charge in [-0.2, -0.15) is 13.2 Å². The van der Waals surface area contributed by atoms with E-state index in [9.17, 15) is 23.1 Å². The molecule has 0 spiro atoms. The summed E-state index contributed by atoms with van der Waals surface area (Å²) < 4.78 is 44.2. The number of aliphatic hydroxyl groups excluding tert-OH is 1. The first kappa shape index (κ1) is 19.0. The molecule has 2 aromatic rings. The molecule has 1 N–H and O–H groups in total. The first-order chi connectivity index (χ1) is 11.5. The number of hydrogen-bond donors (Lipinski definition) is 1. The van der Waals surface area contributed by atoms with Crippen LogP contribution in [0.3, 0.4) is 0 Å². The summed E-state index contributed by atoms with van der Waals surface area (Å²) in [6.07, 6.45) is -4.50. The number of halogens is 3. The highest BCUT2D eigenvalue weighted by molar-refractivity contribution is 5.90. The molecule has 25 heavy (non-hydrogen) atoms. The van der Waals surface area contributed by atoms with Gasteiger partial charge in [-0.15, -0.1) is 0 Å². The van der Waals surface area contributed by atoms with Crippen LogP contribution in [0.15, 0.2) is 42.5 Å². The van der Waals surface area contributed by atoms with Crippen LogP contribution in [0.25, 0.3) is 11.1 Å². The third-order valence-electron chi connectivity index (χ3n) is 3.36. The lowest BCUT2D eigenvalue weighted by molar-refractivity contribution is -0.137. The van der Waals surface area contributed by atoms with Gasteiger partial charge in [-0.25, -0.2) is 4.79 Å². The summed E-state index contributed by atoms with van der Waals surface area (Å²) in [5.74, 6) is -0.501. The van der Waals surface area contributed by atoms with Crippen molar-refractivity contribution in [2.45, 2.75) is 39.2 Å². The van der Waals surface area contributed by atoms with Crippen molar-refractivity contribution in [3.05, 3.63) is 59.2 Å². The van der Waals surface area contributed by atoms with E-state index in [-0.39, 0.29) is 5.56 Å². The Morgan fingerprint density at radius 2 is 1.60 bits per heavy atom. The largest absolute Gasteiger partial charge is 0.456 e. The molecule has 134 valence electrons. The molecule has 0 amide bonds. The van der Waals surface area contributed by atoms with Crippen molar-refractivity contribution < 1.29 is 27.8 Å². The Kier molecular flexibility index (Phi) is 5.23. The van der Waals surface area contributed by atoms with Crippen LogP contribution in [0, 0.1) is 0 Å². The monoisotopic (exact) mass is 352 g/mol. The normalized spacial score (nSPS) is 12.1. The van der Waals surface area contributed by atoms with Gasteiger partial charge in [0.15, 0.2) is 0 Å². The fourth-order valence-electron chi connectivity index (χ4n) is 2.25. The molecule has 0 atom stereocenters. The van der Waals surface area contributed by atoms with E-state index in [4.69, 9.17) is 4.74 Å². The van der Waals surface area contributed by atoms with E-state index in [2.05, 4.69) is 0 Å². The number of esters is 1. The molecule has 0 fully saturated rings. The number of benzene rings is 2. The molecule has 0 aliphatic heterocycles. The maximum absolute atomic E-state index is 13.0. The van der Waals surface area contributed by atoms with E-state index in [0.29, 0.717) is 16.7 Å². The molecular formula is C19H19F3O3. The minimum atomic E-state index is -4.50. The van der Waals surface area contributed by atoms with Crippen LogP contribution in [0.1, 0.15) is 42.3 Å². The zero-order chi connectivity index (χ0) is 18.8. The first-order valence-corrected chi connectivity index (χ1v) is 7.65. The van der Waals surface area contributed by atoms with Crippen molar-refractivity contribution in [2.24, 2.45) is 0 Å². The Bertz CT molecular complexity index is 757. The van der Waals surface area contributed by atoms with E-state index in [1.54, 1.807) is 32.9 Å². The Morgan fingerprint density at radius 3 is 2.08 bits per heavy atom. The van der Waals surface area contributed by atoms with Crippen LogP contribution < -0.4 is 0 Å². The molecule has 0 saturated carbocycles. The number of hydrogen-bond acceptors (Lipinski definition) is 3. The van der Waals surface area contributed by atoms with Gasteiger partial charge in [0.25, 0.3) is 0 Å². The topological polar surface area (TPSA) is 46.5 Å². The molecule has 3 nitrogen and oxygen atoms in total. The molecule has 2 aromatic carbocycles. The van der Waals surface area contributed by atoms with Gasteiger partial charge in [-0.3, -0.25) is 0 Å². The Morgan fingerprint density at radius 1 is 1.00 bits per heavy atom. The minimum Gasteiger partial charge on any atom is -0.456 e. The zero-order valence-corrected chi connectivity index (χ0v) is 14.1. The summed E-state index contributed by atoms with van der Waals surface area (Å²) in [6, 6.07) is 9.52. The molecule has 0 aliphatic rings. The minimum absolute atomic E-state index is 0.168. The quantitative estimate of drug-likeness (QED) is 0.806. The summed E-state index contributed by atoms with van der Waals surface area (Å²) in [4.78, 5) is 12.0. The number of ether oxygens (including phenoxy) is 1. The fraction of sp³-hybridized carbons (Fsp3) is 0.316. The molecule has 0 radical (unpaired) electrons. The highest BCUT2D eigenvalue weighted by Crippen LogP contribution is 2.33. The van der Waals surface area contributed by atoms with E-state index >= 15 is 0 Å². The molecule has 6 heteroatoms. The maximum Gasteiger partial charge on any atom is 0.416 e. The first-order valence-electron chi connectivity index (χ1n) is 7.65. The standard InChI is InChI=1S/C19H19F3O3/c1-18(2,3)25-17(24)14-6-4-13(5-7-14)15-8-12(11-23)9-16(10-15)19(20,21)22/h4-10,23H,11H2,1-3H3. The Balaban J connectivity index is 2.35. The highest BCUT2D eigenvalue weighted by atomic mass is 19.4. The van der Waals surface area contributed by atoms with Gasteiger partial charge in [-0.05, 0) is 67.8 Å². The summed E-state index contributed by atoms with van der Waals surface area (Å²) >= 11 is 0. The summed E-state index contributed by atoms with van der Waals surface area (Å²) in [6.45, 7) is 4.75. The number of aliphatic hydroxyl groups is 1. The third kappa shape index (κ3) is 5.06. The van der Waals surface area contributed by atoms with Crippen molar-refractivity contribution in [3.63, 3.8) is 0 Å². The van der Waals surface area contributed by atoms with Crippen LogP contribution >= 0.6 is 0 Å². The smallest absolute Gasteiger partial charge is 0.416 e. The van der Waals surface area contributed by atoms with E-state index in [1.807, 2.05) is 0 Å². The SMILES string of the molecule is CC(C)(C)OC(=O)c1ccc(-c2cc(CO)cc(C(F)(F)F)c2)cc1. The van der Waals surface area contributed by atoms with Crippen molar-refractivity contribution in [3.8, 4) is 11.1 Å². The predicted molar refractivity (Wildman–Crippen MR) is 88.0 cm³/mol. The van der Waals surface area contributed by atoms with E-state index in [0.717, 1.165) is 12.1 Å². The van der Waals surface area contributed by atoms with Gasteiger partial charge in [0.2, 0.25) is 0 Å². The van der Waals surface area contributed by atoms with Crippen molar-refractivity contribution in [1.82, 2.24) is 0 Å². The van der Waals surface area contributed by atoms with Gasteiger partial charge in [-0.1, -0.05) is 12.1 Å². The van der Waals surface area contributed by atoms with Crippen molar-refractivity contribution >= 4 is 5.97 Å². The summed E-state index contributed by atoms with van der Waals surface area (Å²) in [5.41, 5.74) is -0.158. The van der Waals surface area contributed by atoms with Gasteiger partial charge in [0.1, 0.15) is 5.60 Å². The third-order valence-corrected chi connectivity index (χ3v) is 3.36. The second-order valence-electron chi connectivity index (χ2n) is 6.65. The number of rotatable bonds is 3. The molecule has 0 aliphatic carbocycles. The second-order valence-corrected chi connectivity index (χ2v) is 6.65. The molecule has 0 saturated heterocycles. The fourth-order valence-corrected chi connectivity index (χ4v) is 2.25. The lowest BCUT2D eigenvalue weighted by Crippen LogP contribution is -2.23. The van der Waals surface area contributed by atoms with Crippen LogP contribution in [-0.4, -0.2) is 16.7 Å². The van der Waals surface area contributed by atoms with Crippen molar-refractivity contribution in [1.29, 1.82) is 0 Å². The molecule has 2 rings (SSSR count). The van der Waals surface area contributed by atoms with Gasteiger partial charge >= 0.3 is 12.1 Å². The number of carbonyl (C=O) groups is 1. The van der Waals surface area contributed by atoms with Crippen LogP contribution in [-0.2, 0) is 17.5 Å². The van der Waals surface area contributed by atoms with Crippen LogP contribution in [0.4, 0.5) is 13.2 Å². The van der Waals surface area contributed by atoms with Gasteiger partial charge in [0, 0.05) is 0 Å². The van der Waals surface area contributed by atoms with Gasteiger partial charge < -0.3 is 9.84 Å². The predicted octanol–water partition coefficient (Wildman–Crippen LogP) is 4.82. The number of carbonyl (C=O) groups excluding carboxylic acids is 1. The summed E-state index contributed by atoms with van der Waals surface area (Å²) in [7, 11) is 0. The maximum atomic E-state index is 13.0. The zero-order valence-electron chi connectivity index (χ0n) is 14.1. The van der Waals surface area contributed by atoms with Crippen LogP contribution in [0.5, 0.6) is 0 Å². The number of alkyl halides is 3. The Hall–Kier alpha value is -2.34. The molecule has 0 unspecified atom stereocenters. The molecular weight excluding hydrogens is 333 g/mol. The van der Waals surface area contributed by atoms with Crippen molar-refractivity contribution in [2.75, 3.05) is 0 Å². The van der Waals surface area contributed by atoms with E-state index < -0.39 is 29.9 Å². The lowest BCUT2D eigenvalue weighted by atomic mass is 9.98. The average Bonchev–Trinajstić information content (AvgIpc) is 2.52. The highest BCUT2D eigenvalue weighted by Gasteiger charge is 2.31. The molecule has 0 aromatic heterocycles. The van der Waals surface area contributed by atoms with Crippen LogP contribution in [0.2, 0.25) is 0 Å². The molecule has 0 bridgehead atoms. The van der Waals surface area contributed by atoms with E-state index in [1.165, 1.54) is 18.2 Å².